The number of hydrogen-bond donors (Lipinski definition) is 1. The summed E-state index contributed by atoms with van der Waals surface area (Å²) in [5.74, 6) is -1.14. The predicted molar refractivity (Wildman–Crippen MR) is 120 cm³/mol. The molecule has 0 radical (unpaired) electrons. The number of ketones is 1. The molecule has 0 spiro atoms. The molecule has 1 aromatic heterocycles. The van der Waals surface area contributed by atoms with Crippen LogP contribution in [0.5, 0.6) is 0 Å². The quantitative estimate of drug-likeness (QED) is 0.446. The first kappa shape index (κ1) is 25.2. The molecule has 0 saturated heterocycles. The Hall–Kier alpha value is -2.82. The van der Waals surface area contributed by atoms with Gasteiger partial charge in [0.2, 0.25) is 0 Å². The Morgan fingerprint density at radius 1 is 1.27 bits per heavy atom. The maximum absolute atomic E-state index is 13.6. The van der Waals surface area contributed by atoms with Gasteiger partial charge in [-0.25, -0.2) is 8.78 Å². The van der Waals surface area contributed by atoms with Crippen LogP contribution in [0.15, 0.2) is 55.1 Å². The molecule has 1 heterocycles. The van der Waals surface area contributed by atoms with Crippen molar-refractivity contribution in [2.45, 2.75) is 59.3 Å². The smallest absolute Gasteiger partial charge is 0.133 e. The molecule has 0 saturated carbocycles. The van der Waals surface area contributed by atoms with Crippen LogP contribution < -0.4 is 0 Å². The van der Waals surface area contributed by atoms with Crippen LogP contribution in [0.4, 0.5) is 8.78 Å². The summed E-state index contributed by atoms with van der Waals surface area (Å²) in [7, 11) is 0. The molecule has 2 aromatic rings. The number of rotatable bonds is 9. The number of H-pyrrole nitrogens is 1. The molecule has 0 amide bonds. The summed E-state index contributed by atoms with van der Waals surface area (Å²) in [6, 6.07) is 5.59. The summed E-state index contributed by atoms with van der Waals surface area (Å²) >= 11 is 0. The fraction of sp³-hybridized carbons (Fsp3) is 0.360. The van der Waals surface area contributed by atoms with Crippen LogP contribution in [0.3, 0.4) is 0 Å². The molecule has 0 aliphatic rings. The number of benzene rings is 1. The van der Waals surface area contributed by atoms with Gasteiger partial charge in [0.15, 0.2) is 0 Å². The van der Waals surface area contributed by atoms with Crippen molar-refractivity contribution in [1.82, 2.24) is 10.2 Å². The lowest BCUT2D eigenvalue weighted by Gasteiger charge is -2.16. The Labute approximate surface area is 178 Å². The van der Waals surface area contributed by atoms with Gasteiger partial charge in [0.25, 0.3) is 0 Å². The highest BCUT2D eigenvalue weighted by Gasteiger charge is 2.18. The monoisotopic (exact) mass is 414 g/mol. The number of halogens is 2. The summed E-state index contributed by atoms with van der Waals surface area (Å²) in [6.45, 7) is 11.4. The van der Waals surface area contributed by atoms with Crippen LogP contribution in [-0.2, 0) is 4.79 Å². The summed E-state index contributed by atoms with van der Waals surface area (Å²) < 4.78 is 26.4. The second kappa shape index (κ2) is 13.4. The normalized spacial score (nSPS) is 12.4. The van der Waals surface area contributed by atoms with E-state index in [1.807, 2.05) is 45.1 Å². The highest BCUT2D eigenvalue weighted by molar-refractivity contribution is 5.79. The average molecular weight is 415 g/mol. The van der Waals surface area contributed by atoms with E-state index >= 15 is 0 Å². The van der Waals surface area contributed by atoms with Crippen molar-refractivity contribution in [3.05, 3.63) is 83.7 Å². The second-order valence-corrected chi connectivity index (χ2v) is 7.04. The van der Waals surface area contributed by atoms with E-state index in [2.05, 4.69) is 16.8 Å². The fourth-order valence-electron chi connectivity index (χ4n) is 3.07. The predicted octanol–water partition coefficient (Wildman–Crippen LogP) is 7.08. The fourth-order valence-corrected chi connectivity index (χ4v) is 3.07. The van der Waals surface area contributed by atoms with Gasteiger partial charge in [0, 0.05) is 30.2 Å². The average Bonchev–Trinajstić information content (AvgIpc) is 3.14. The van der Waals surface area contributed by atoms with E-state index in [0.717, 1.165) is 35.9 Å². The summed E-state index contributed by atoms with van der Waals surface area (Å²) in [4.78, 5) is 11.5. The van der Waals surface area contributed by atoms with E-state index < -0.39 is 11.6 Å². The topological polar surface area (TPSA) is 45.8 Å². The SMILES string of the molecule is C=C/C=C(\C=C/C)c1cc(C)[nH]n1.CCCC(CC(=O)CC)c1ccc(F)cc1F. The number of nitrogens with one attached hydrogen (secondary N) is 1. The zero-order chi connectivity index (χ0) is 22.5. The van der Waals surface area contributed by atoms with Gasteiger partial charge in [-0.2, -0.15) is 5.10 Å². The molecular formula is C25H32F2N2O. The Morgan fingerprint density at radius 3 is 2.50 bits per heavy atom. The van der Waals surface area contributed by atoms with Gasteiger partial charge in [-0.15, -0.1) is 0 Å². The molecule has 1 unspecified atom stereocenters. The van der Waals surface area contributed by atoms with Crippen LogP contribution in [0.25, 0.3) is 5.57 Å². The molecule has 1 aromatic carbocycles. The van der Waals surface area contributed by atoms with E-state index in [1.165, 1.54) is 12.1 Å². The standard InChI is InChI=1S/C14H18F2O.C11H14N2/c1-3-5-10(8-12(17)4-2)13-7-6-11(15)9-14(13)16;1-4-6-10(7-5-2)11-8-9(3)12-13-11/h6-7,9-10H,3-5,8H2,1-2H3;4-8H,1H2,2-3H3,(H,12,13)/b;7-5-,10-6+. The molecule has 0 aliphatic carbocycles. The van der Waals surface area contributed by atoms with Gasteiger partial charge in [0.05, 0.1) is 5.69 Å². The first-order valence-electron chi connectivity index (χ1n) is 10.3. The first-order chi connectivity index (χ1) is 14.4. The van der Waals surface area contributed by atoms with Crippen LogP contribution >= 0.6 is 0 Å². The summed E-state index contributed by atoms with van der Waals surface area (Å²) in [6.07, 6.45) is 10.1. The number of allylic oxidation sites excluding steroid dienone is 5. The Bertz CT molecular complexity index is 881. The van der Waals surface area contributed by atoms with Crippen LogP contribution in [0.2, 0.25) is 0 Å². The lowest BCUT2D eigenvalue weighted by Crippen LogP contribution is -2.08. The molecule has 0 bridgehead atoms. The summed E-state index contributed by atoms with van der Waals surface area (Å²) in [5, 5.41) is 7.07. The largest absolute Gasteiger partial charge is 0.300 e. The number of nitrogens with zero attached hydrogens (tertiary/aromatic N) is 1. The van der Waals surface area contributed by atoms with E-state index in [1.54, 1.807) is 13.0 Å². The van der Waals surface area contributed by atoms with Gasteiger partial charge >= 0.3 is 0 Å². The molecule has 1 N–H and O–H groups in total. The van der Waals surface area contributed by atoms with Crippen molar-refractivity contribution < 1.29 is 13.6 Å². The minimum Gasteiger partial charge on any atom is -0.300 e. The first-order valence-corrected chi connectivity index (χ1v) is 10.3. The van der Waals surface area contributed by atoms with Gasteiger partial charge in [-0.05, 0) is 43.9 Å². The highest BCUT2D eigenvalue weighted by atomic mass is 19.1. The number of Topliss-reactive ketones (excluding diaryl/α,β-unsaturated/α-hetero) is 1. The lowest BCUT2D eigenvalue weighted by molar-refractivity contribution is -0.119. The minimum absolute atomic E-state index is 0.118. The maximum atomic E-state index is 13.6. The van der Waals surface area contributed by atoms with Crippen molar-refractivity contribution in [3.8, 4) is 0 Å². The van der Waals surface area contributed by atoms with E-state index in [4.69, 9.17) is 0 Å². The number of aromatic amines is 1. The molecule has 30 heavy (non-hydrogen) atoms. The van der Waals surface area contributed by atoms with Crippen LogP contribution in [0, 0.1) is 18.6 Å². The molecular weight excluding hydrogens is 382 g/mol. The van der Waals surface area contributed by atoms with E-state index in [-0.39, 0.29) is 11.7 Å². The van der Waals surface area contributed by atoms with Crippen molar-refractivity contribution in [2.24, 2.45) is 0 Å². The van der Waals surface area contributed by atoms with Crippen LogP contribution in [-0.4, -0.2) is 16.0 Å². The molecule has 3 nitrogen and oxygen atoms in total. The number of carbonyl (C=O) groups excluding carboxylic acids is 1. The van der Waals surface area contributed by atoms with Gasteiger partial charge in [-0.1, -0.05) is 57.2 Å². The molecule has 0 fully saturated rings. The number of aromatic nitrogens is 2. The number of carbonyl (C=O) groups is 1. The second-order valence-electron chi connectivity index (χ2n) is 7.04. The van der Waals surface area contributed by atoms with Gasteiger partial charge < -0.3 is 0 Å². The third-order valence-corrected chi connectivity index (χ3v) is 4.55. The van der Waals surface area contributed by atoms with Crippen LogP contribution in [0.1, 0.15) is 69.3 Å². The van der Waals surface area contributed by atoms with Gasteiger partial charge in [0.1, 0.15) is 17.4 Å². The molecule has 162 valence electrons. The third-order valence-electron chi connectivity index (χ3n) is 4.55. The zero-order valence-electron chi connectivity index (χ0n) is 18.3. The third kappa shape index (κ3) is 8.27. The molecule has 2 rings (SSSR count). The van der Waals surface area contributed by atoms with Crippen molar-refractivity contribution >= 4 is 11.4 Å². The Morgan fingerprint density at radius 2 is 2.00 bits per heavy atom. The van der Waals surface area contributed by atoms with Crippen molar-refractivity contribution in [1.29, 1.82) is 0 Å². The number of hydrogen-bond acceptors (Lipinski definition) is 2. The van der Waals surface area contributed by atoms with Crippen molar-refractivity contribution in [2.75, 3.05) is 0 Å². The lowest BCUT2D eigenvalue weighted by atomic mass is 9.89. The van der Waals surface area contributed by atoms with Gasteiger partial charge in [-0.3, -0.25) is 9.89 Å². The van der Waals surface area contributed by atoms with E-state index in [9.17, 15) is 13.6 Å². The highest BCUT2D eigenvalue weighted by Crippen LogP contribution is 2.28. The zero-order valence-corrected chi connectivity index (χ0v) is 18.3. The van der Waals surface area contributed by atoms with Crippen molar-refractivity contribution in [3.63, 3.8) is 0 Å². The minimum atomic E-state index is -0.580. The Balaban J connectivity index is 0.000000311. The van der Waals surface area contributed by atoms with E-state index in [0.29, 0.717) is 18.4 Å². The Kier molecular flexibility index (Phi) is 11.3. The maximum Gasteiger partial charge on any atom is 0.133 e. The number of aryl methyl sites for hydroxylation is 1. The molecule has 1 atom stereocenters. The summed E-state index contributed by atoms with van der Waals surface area (Å²) in [5.41, 5.74) is 3.54. The molecule has 0 aliphatic heterocycles. The molecule has 5 heteroatoms.